The van der Waals surface area contributed by atoms with E-state index in [0.29, 0.717) is 6.04 Å². The highest BCUT2D eigenvalue weighted by molar-refractivity contribution is 7.90. The number of alkyl carbamates (subject to hydrolysis) is 1. The quantitative estimate of drug-likeness (QED) is 0.801. The molecule has 130 valence electrons. The zero-order valence-electron chi connectivity index (χ0n) is 14.3. The van der Waals surface area contributed by atoms with Crippen molar-refractivity contribution in [3.8, 4) is 0 Å². The van der Waals surface area contributed by atoms with Gasteiger partial charge in [-0.05, 0) is 53.4 Å². The Labute approximate surface area is 134 Å². The van der Waals surface area contributed by atoms with Crippen LogP contribution in [0.4, 0.5) is 4.79 Å². The molecule has 2 N–H and O–H groups in total. The number of amides is 1. The van der Waals surface area contributed by atoms with Gasteiger partial charge in [0.2, 0.25) is 0 Å². The van der Waals surface area contributed by atoms with Gasteiger partial charge in [0.25, 0.3) is 0 Å². The summed E-state index contributed by atoms with van der Waals surface area (Å²) in [5.74, 6) is 0.156. The number of nitrogens with one attached hydrogen (secondary N) is 2. The minimum Gasteiger partial charge on any atom is -0.444 e. The first-order chi connectivity index (χ1) is 9.94. The molecule has 1 atom stereocenters. The van der Waals surface area contributed by atoms with Crippen molar-refractivity contribution >= 4 is 15.9 Å². The summed E-state index contributed by atoms with van der Waals surface area (Å²) in [6.45, 7) is 7.43. The molecule has 0 radical (unpaired) electrons. The average molecular weight is 334 g/mol. The second-order valence-electron chi connectivity index (χ2n) is 7.35. The van der Waals surface area contributed by atoms with Gasteiger partial charge >= 0.3 is 6.09 Å². The van der Waals surface area contributed by atoms with Crippen molar-refractivity contribution in [3.05, 3.63) is 0 Å². The Hall–Kier alpha value is -0.820. The van der Waals surface area contributed by atoms with Gasteiger partial charge in [-0.1, -0.05) is 0 Å². The standard InChI is InChI=1S/C15H30N2O4S/c1-11(10-22(5,19)20)16-12-6-8-13(9-7-12)17-14(18)21-15(2,3)4/h11-13,16H,6-10H2,1-5H3,(H,17,18). The predicted octanol–water partition coefficient (Wildman–Crippen LogP) is 1.84. The van der Waals surface area contributed by atoms with Crippen molar-refractivity contribution in [2.45, 2.75) is 77.1 Å². The van der Waals surface area contributed by atoms with Gasteiger partial charge in [-0.15, -0.1) is 0 Å². The lowest BCUT2D eigenvalue weighted by Gasteiger charge is -2.32. The molecule has 0 bridgehead atoms. The molecule has 6 nitrogen and oxygen atoms in total. The van der Waals surface area contributed by atoms with E-state index >= 15 is 0 Å². The lowest BCUT2D eigenvalue weighted by molar-refractivity contribution is 0.0489. The maximum absolute atomic E-state index is 11.7. The number of ether oxygens (including phenoxy) is 1. The second-order valence-corrected chi connectivity index (χ2v) is 9.54. The molecule has 0 aromatic rings. The molecule has 1 rings (SSSR count). The molecule has 7 heteroatoms. The molecule has 1 unspecified atom stereocenters. The third-order valence-electron chi connectivity index (χ3n) is 3.52. The minimum absolute atomic E-state index is 0.0460. The number of rotatable bonds is 5. The summed E-state index contributed by atoms with van der Waals surface area (Å²) in [6.07, 6.45) is 4.50. The van der Waals surface area contributed by atoms with Crippen molar-refractivity contribution in [1.82, 2.24) is 10.6 Å². The zero-order chi connectivity index (χ0) is 17.0. The van der Waals surface area contributed by atoms with Crippen LogP contribution in [0.5, 0.6) is 0 Å². The number of hydrogen-bond donors (Lipinski definition) is 2. The van der Waals surface area contributed by atoms with Crippen molar-refractivity contribution in [1.29, 1.82) is 0 Å². The van der Waals surface area contributed by atoms with Crippen molar-refractivity contribution in [2.75, 3.05) is 12.0 Å². The first-order valence-corrected chi connectivity index (χ1v) is 9.94. The molecule has 0 aromatic carbocycles. The molecular weight excluding hydrogens is 304 g/mol. The van der Waals surface area contributed by atoms with Gasteiger partial charge in [0.15, 0.2) is 0 Å². The van der Waals surface area contributed by atoms with Gasteiger partial charge in [0.05, 0.1) is 5.75 Å². The largest absolute Gasteiger partial charge is 0.444 e. The van der Waals surface area contributed by atoms with Gasteiger partial charge in [-0.25, -0.2) is 13.2 Å². The van der Waals surface area contributed by atoms with Crippen LogP contribution in [0.25, 0.3) is 0 Å². The van der Waals surface area contributed by atoms with E-state index in [1.165, 1.54) is 6.26 Å². The lowest BCUT2D eigenvalue weighted by atomic mass is 9.91. The molecule has 1 saturated carbocycles. The minimum atomic E-state index is -2.95. The number of carbonyl (C=O) groups excluding carboxylic acids is 1. The number of sulfone groups is 1. The van der Waals surface area contributed by atoms with E-state index in [9.17, 15) is 13.2 Å². The van der Waals surface area contributed by atoms with Crippen LogP contribution >= 0.6 is 0 Å². The van der Waals surface area contributed by atoms with E-state index in [-0.39, 0.29) is 23.9 Å². The Balaban J connectivity index is 2.30. The topological polar surface area (TPSA) is 84.5 Å². The summed E-state index contributed by atoms with van der Waals surface area (Å²) in [7, 11) is -2.95. The second kappa shape index (κ2) is 7.64. The normalized spacial score (nSPS) is 24.6. The van der Waals surface area contributed by atoms with Gasteiger partial charge in [0.1, 0.15) is 15.4 Å². The van der Waals surface area contributed by atoms with E-state index in [1.54, 1.807) is 0 Å². The molecule has 22 heavy (non-hydrogen) atoms. The Morgan fingerprint density at radius 2 is 1.68 bits per heavy atom. The Bertz CT molecular complexity index is 462. The summed E-state index contributed by atoms with van der Waals surface area (Å²) in [5.41, 5.74) is -0.482. The zero-order valence-corrected chi connectivity index (χ0v) is 15.1. The highest BCUT2D eigenvalue weighted by atomic mass is 32.2. The van der Waals surface area contributed by atoms with Crippen LogP contribution in [0.15, 0.2) is 0 Å². The van der Waals surface area contributed by atoms with E-state index in [1.807, 2.05) is 27.7 Å². The highest BCUT2D eigenvalue weighted by Crippen LogP contribution is 2.20. The maximum Gasteiger partial charge on any atom is 0.407 e. The molecule has 0 spiro atoms. The molecule has 1 fully saturated rings. The Kier molecular flexibility index (Phi) is 6.67. The Morgan fingerprint density at radius 3 is 2.14 bits per heavy atom. The molecular formula is C15H30N2O4S. The van der Waals surface area contributed by atoms with Gasteiger partial charge in [-0.3, -0.25) is 0 Å². The van der Waals surface area contributed by atoms with Gasteiger partial charge < -0.3 is 15.4 Å². The monoisotopic (exact) mass is 334 g/mol. The van der Waals surface area contributed by atoms with Gasteiger partial charge in [0, 0.05) is 24.4 Å². The summed E-state index contributed by atoms with van der Waals surface area (Å²) in [5, 5.41) is 6.27. The summed E-state index contributed by atoms with van der Waals surface area (Å²) < 4.78 is 27.8. The van der Waals surface area contributed by atoms with E-state index in [4.69, 9.17) is 4.74 Å². The molecule has 1 aliphatic carbocycles. The van der Waals surface area contributed by atoms with E-state index in [2.05, 4.69) is 10.6 Å². The average Bonchev–Trinajstić information content (AvgIpc) is 2.26. The van der Waals surface area contributed by atoms with E-state index in [0.717, 1.165) is 25.7 Å². The fourth-order valence-electron chi connectivity index (χ4n) is 2.78. The molecule has 1 amide bonds. The van der Waals surface area contributed by atoms with Crippen molar-refractivity contribution in [2.24, 2.45) is 0 Å². The number of carbonyl (C=O) groups is 1. The van der Waals surface area contributed by atoms with Crippen LogP contribution in [-0.2, 0) is 14.6 Å². The molecule has 0 heterocycles. The first kappa shape index (κ1) is 19.2. The van der Waals surface area contributed by atoms with Crippen LogP contribution in [0.2, 0.25) is 0 Å². The summed E-state index contributed by atoms with van der Waals surface area (Å²) >= 11 is 0. The fraction of sp³-hybridized carbons (Fsp3) is 0.933. The van der Waals surface area contributed by atoms with Crippen LogP contribution in [-0.4, -0.2) is 50.2 Å². The maximum atomic E-state index is 11.7. The lowest BCUT2D eigenvalue weighted by Crippen LogP contribution is -2.46. The molecule has 0 aliphatic heterocycles. The summed E-state index contributed by atoms with van der Waals surface area (Å²) in [4.78, 5) is 11.7. The van der Waals surface area contributed by atoms with Gasteiger partial charge in [-0.2, -0.15) is 0 Å². The first-order valence-electron chi connectivity index (χ1n) is 7.88. The third kappa shape index (κ3) is 8.58. The van der Waals surface area contributed by atoms with Crippen LogP contribution in [0.1, 0.15) is 53.4 Å². The van der Waals surface area contributed by atoms with Crippen LogP contribution < -0.4 is 10.6 Å². The van der Waals surface area contributed by atoms with Crippen LogP contribution in [0.3, 0.4) is 0 Å². The number of hydrogen-bond acceptors (Lipinski definition) is 5. The molecule has 1 aliphatic rings. The Morgan fingerprint density at radius 1 is 1.18 bits per heavy atom. The molecule has 0 saturated heterocycles. The predicted molar refractivity (Wildman–Crippen MR) is 87.7 cm³/mol. The highest BCUT2D eigenvalue weighted by Gasteiger charge is 2.25. The smallest absolute Gasteiger partial charge is 0.407 e. The third-order valence-corrected chi connectivity index (χ3v) is 4.63. The van der Waals surface area contributed by atoms with Crippen LogP contribution in [0, 0.1) is 0 Å². The SMILES string of the molecule is CC(CS(C)(=O)=O)NC1CCC(NC(=O)OC(C)(C)C)CC1. The molecule has 0 aromatic heterocycles. The van der Waals surface area contributed by atoms with E-state index < -0.39 is 15.4 Å². The fourth-order valence-corrected chi connectivity index (χ4v) is 3.79. The summed E-state index contributed by atoms with van der Waals surface area (Å²) in [6, 6.07) is 0.405. The van der Waals surface area contributed by atoms with Crippen molar-refractivity contribution in [3.63, 3.8) is 0 Å². The van der Waals surface area contributed by atoms with Crippen molar-refractivity contribution < 1.29 is 17.9 Å².